The lowest BCUT2D eigenvalue weighted by molar-refractivity contribution is -0.126. The minimum atomic E-state index is -0.350. The number of nitrogens with one attached hydrogen (secondary N) is 1. The number of hydrogen-bond acceptors (Lipinski definition) is 4. The Kier molecular flexibility index (Phi) is 8.66. The molecule has 2 aliphatic rings. The number of piperidine rings is 1. The van der Waals surface area contributed by atoms with Crippen LogP contribution in [0.5, 0.6) is 0 Å². The van der Waals surface area contributed by atoms with Crippen LogP contribution in [0.2, 0.25) is 0 Å². The number of carbonyl (C=O) groups excluding carboxylic acids is 2. The summed E-state index contributed by atoms with van der Waals surface area (Å²) in [4.78, 5) is 31.9. The van der Waals surface area contributed by atoms with Crippen LogP contribution in [0.4, 0.5) is 4.39 Å². The highest BCUT2D eigenvalue weighted by molar-refractivity contribution is 5.94. The third kappa shape index (κ3) is 6.87. The predicted molar refractivity (Wildman–Crippen MR) is 131 cm³/mol. The molecular formula is C27H35FN4O2. The second-order valence-electron chi connectivity index (χ2n) is 9.32. The topological polar surface area (TPSA) is 55.9 Å². The third-order valence-electron chi connectivity index (χ3n) is 6.91. The first-order chi connectivity index (χ1) is 16.6. The van der Waals surface area contributed by atoms with Crippen molar-refractivity contribution in [3.8, 4) is 0 Å². The molecule has 1 N–H and O–H groups in total. The van der Waals surface area contributed by atoms with Gasteiger partial charge < -0.3 is 15.1 Å². The van der Waals surface area contributed by atoms with E-state index >= 15 is 0 Å². The van der Waals surface area contributed by atoms with Gasteiger partial charge in [-0.3, -0.25) is 14.5 Å². The Balaban J connectivity index is 1.08. The highest BCUT2D eigenvalue weighted by Gasteiger charge is 2.27. The molecule has 0 radical (unpaired) electrons. The second kappa shape index (κ2) is 12.1. The number of nitrogens with zero attached hydrogens (tertiary/aromatic N) is 3. The molecule has 4 rings (SSSR count). The number of hydrogen-bond donors (Lipinski definition) is 1. The van der Waals surface area contributed by atoms with E-state index in [1.807, 2.05) is 0 Å². The van der Waals surface area contributed by atoms with Gasteiger partial charge in [0.05, 0.1) is 0 Å². The van der Waals surface area contributed by atoms with Crippen LogP contribution in [0, 0.1) is 11.7 Å². The van der Waals surface area contributed by atoms with E-state index in [0.717, 1.165) is 45.7 Å². The van der Waals surface area contributed by atoms with E-state index in [0.29, 0.717) is 38.0 Å². The molecule has 0 spiro atoms. The average Bonchev–Trinajstić information content (AvgIpc) is 2.88. The van der Waals surface area contributed by atoms with Crippen molar-refractivity contribution in [2.45, 2.75) is 25.8 Å². The summed E-state index contributed by atoms with van der Waals surface area (Å²) in [7, 11) is 0. The Bertz CT molecular complexity index is 921. The van der Waals surface area contributed by atoms with Gasteiger partial charge in [0.2, 0.25) is 5.91 Å². The summed E-state index contributed by atoms with van der Waals surface area (Å²) < 4.78 is 13.1. The highest BCUT2D eigenvalue weighted by atomic mass is 19.1. The molecule has 0 bridgehead atoms. The first-order valence-electron chi connectivity index (χ1n) is 12.4. The molecule has 0 saturated carbocycles. The van der Waals surface area contributed by atoms with E-state index in [1.54, 1.807) is 4.90 Å². The molecule has 7 heteroatoms. The Morgan fingerprint density at radius 1 is 0.853 bits per heavy atom. The molecule has 34 heavy (non-hydrogen) atoms. The summed E-state index contributed by atoms with van der Waals surface area (Å²) in [5.41, 5.74) is 1.86. The van der Waals surface area contributed by atoms with Gasteiger partial charge in [-0.05, 0) is 55.6 Å². The minimum Gasteiger partial charge on any atom is -0.356 e. The number of likely N-dealkylation sites (tertiary alicyclic amines) is 1. The van der Waals surface area contributed by atoms with Crippen LogP contribution in [0.15, 0.2) is 54.6 Å². The van der Waals surface area contributed by atoms with E-state index in [1.165, 1.54) is 29.8 Å². The Labute approximate surface area is 201 Å². The number of halogens is 1. The van der Waals surface area contributed by atoms with E-state index < -0.39 is 0 Å². The lowest BCUT2D eigenvalue weighted by Crippen LogP contribution is -2.46. The van der Waals surface area contributed by atoms with E-state index in [2.05, 4.69) is 45.4 Å². The number of rotatable bonds is 8. The summed E-state index contributed by atoms with van der Waals surface area (Å²) in [6, 6.07) is 16.2. The maximum absolute atomic E-state index is 13.1. The summed E-state index contributed by atoms with van der Waals surface area (Å²) >= 11 is 0. The first-order valence-corrected chi connectivity index (χ1v) is 12.4. The van der Waals surface area contributed by atoms with Gasteiger partial charge in [0, 0.05) is 63.8 Å². The van der Waals surface area contributed by atoms with Crippen molar-refractivity contribution in [3.63, 3.8) is 0 Å². The molecule has 0 unspecified atom stereocenters. The van der Waals surface area contributed by atoms with Gasteiger partial charge >= 0.3 is 0 Å². The molecule has 2 amide bonds. The molecule has 2 heterocycles. The largest absolute Gasteiger partial charge is 0.356 e. The Hall–Kier alpha value is -2.77. The molecule has 0 atom stereocenters. The number of piperazine rings is 1. The van der Waals surface area contributed by atoms with Crippen LogP contribution < -0.4 is 5.32 Å². The molecule has 0 aromatic heterocycles. The van der Waals surface area contributed by atoms with Gasteiger partial charge in [-0.25, -0.2) is 4.39 Å². The maximum Gasteiger partial charge on any atom is 0.253 e. The number of benzene rings is 2. The van der Waals surface area contributed by atoms with Crippen molar-refractivity contribution in [1.82, 2.24) is 20.0 Å². The summed E-state index contributed by atoms with van der Waals surface area (Å²) in [5.74, 6) is -0.389. The zero-order chi connectivity index (χ0) is 23.8. The lowest BCUT2D eigenvalue weighted by Gasteiger charge is -2.34. The van der Waals surface area contributed by atoms with Crippen LogP contribution in [0.25, 0.3) is 0 Å². The van der Waals surface area contributed by atoms with Gasteiger partial charge in [0.15, 0.2) is 0 Å². The molecule has 2 saturated heterocycles. The fourth-order valence-corrected chi connectivity index (χ4v) is 4.79. The van der Waals surface area contributed by atoms with Crippen molar-refractivity contribution in [3.05, 3.63) is 71.5 Å². The fourth-order valence-electron chi connectivity index (χ4n) is 4.79. The molecule has 2 aromatic carbocycles. The maximum atomic E-state index is 13.1. The third-order valence-corrected chi connectivity index (χ3v) is 6.91. The molecule has 2 fully saturated rings. The van der Waals surface area contributed by atoms with Crippen molar-refractivity contribution in [1.29, 1.82) is 0 Å². The van der Waals surface area contributed by atoms with Crippen molar-refractivity contribution in [2.24, 2.45) is 5.92 Å². The van der Waals surface area contributed by atoms with Gasteiger partial charge in [0.25, 0.3) is 5.91 Å². The molecular weight excluding hydrogens is 431 g/mol. The van der Waals surface area contributed by atoms with Crippen LogP contribution in [-0.2, 0) is 11.3 Å². The average molecular weight is 467 g/mol. The highest BCUT2D eigenvalue weighted by Crippen LogP contribution is 2.19. The minimum absolute atomic E-state index is 0.0428. The van der Waals surface area contributed by atoms with Crippen LogP contribution in [-0.4, -0.2) is 78.9 Å². The Morgan fingerprint density at radius 3 is 2.18 bits per heavy atom. The first kappa shape index (κ1) is 24.4. The zero-order valence-corrected chi connectivity index (χ0v) is 19.8. The van der Waals surface area contributed by atoms with Crippen LogP contribution in [0.1, 0.15) is 35.2 Å². The SMILES string of the molecule is O=C(NCCCN1CCN(Cc2ccccc2)CC1)C1CCN(C(=O)c2ccc(F)cc2)CC1. The van der Waals surface area contributed by atoms with Crippen molar-refractivity contribution >= 4 is 11.8 Å². The van der Waals surface area contributed by atoms with E-state index in [-0.39, 0.29) is 23.5 Å². The van der Waals surface area contributed by atoms with E-state index in [4.69, 9.17) is 0 Å². The quantitative estimate of drug-likeness (QED) is 0.608. The normalized spacial score (nSPS) is 18.1. The summed E-state index contributed by atoms with van der Waals surface area (Å²) in [6.45, 7) is 8.12. The zero-order valence-electron chi connectivity index (χ0n) is 19.8. The van der Waals surface area contributed by atoms with Crippen LogP contribution >= 0.6 is 0 Å². The lowest BCUT2D eigenvalue weighted by atomic mass is 9.95. The van der Waals surface area contributed by atoms with Gasteiger partial charge in [-0.15, -0.1) is 0 Å². The molecule has 6 nitrogen and oxygen atoms in total. The summed E-state index contributed by atoms with van der Waals surface area (Å²) in [5, 5.41) is 3.09. The molecule has 0 aliphatic carbocycles. The molecule has 182 valence electrons. The second-order valence-corrected chi connectivity index (χ2v) is 9.32. The fraction of sp³-hybridized carbons (Fsp3) is 0.481. The predicted octanol–water partition coefficient (Wildman–Crippen LogP) is 3.00. The molecule has 2 aromatic rings. The Morgan fingerprint density at radius 2 is 1.50 bits per heavy atom. The number of carbonyl (C=O) groups is 2. The smallest absolute Gasteiger partial charge is 0.253 e. The standard InChI is InChI=1S/C27H35FN4O2/c28-25-9-7-24(8-10-25)27(34)32-15-11-23(12-16-32)26(33)29-13-4-14-30-17-19-31(20-18-30)21-22-5-2-1-3-6-22/h1-3,5-10,23H,4,11-21H2,(H,29,33). The van der Waals surface area contributed by atoms with Gasteiger partial charge in [-0.2, -0.15) is 0 Å². The van der Waals surface area contributed by atoms with Crippen molar-refractivity contribution < 1.29 is 14.0 Å². The van der Waals surface area contributed by atoms with E-state index in [9.17, 15) is 14.0 Å². The van der Waals surface area contributed by atoms with Crippen LogP contribution in [0.3, 0.4) is 0 Å². The van der Waals surface area contributed by atoms with Gasteiger partial charge in [-0.1, -0.05) is 30.3 Å². The number of amides is 2. The van der Waals surface area contributed by atoms with Crippen molar-refractivity contribution in [2.75, 3.05) is 52.4 Å². The molecule has 2 aliphatic heterocycles. The monoisotopic (exact) mass is 466 g/mol. The summed E-state index contributed by atoms with van der Waals surface area (Å²) in [6.07, 6.45) is 2.29. The van der Waals surface area contributed by atoms with Gasteiger partial charge in [0.1, 0.15) is 5.82 Å².